The van der Waals surface area contributed by atoms with Crippen LogP contribution in [0.1, 0.15) is 48.9 Å². The van der Waals surface area contributed by atoms with Crippen LogP contribution < -0.4 is 10.1 Å². The van der Waals surface area contributed by atoms with Crippen LogP contribution in [0, 0.1) is 0 Å². The van der Waals surface area contributed by atoms with Crippen molar-refractivity contribution in [2.24, 2.45) is 5.16 Å². The Hall–Kier alpha value is -3.11. The van der Waals surface area contributed by atoms with Gasteiger partial charge in [0.25, 0.3) is 0 Å². The van der Waals surface area contributed by atoms with Crippen molar-refractivity contribution in [3.8, 4) is 5.75 Å². The minimum atomic E-state index is -4.41. The molecule has 0 aliphatic carbocycles. The summed E-state index contributed by atoms with van der Waals surface area (Å²) in [6.45, 7) is 2.83. The molecule has 0 aromatic heterocycles. The second-order valence-corrected chi connectivity index (χ2v) is 8.42. The summed E-state index contributed by atoms with van der Waals surface area (Å²) in [7, 11) is 5.54. The molecule has 1 N–H and O–H groups in total. The van der Waals surface area contributed by atoms with Crippen molar-refractivity contribution in [1.29, 1.82) is 0 Å². The lowest BCUT2D eigenvalue weighted by atomic mass is 10.0. The van der Waals surface area contributed by atoms with E-state index >= 15 is 0 Å². The fraction of sp³-hybridized carbons (Fsp3) is 0.462. The van der Waals surface area contributed by atoms with E-state index in [1.807, 2.05) is 44.1 Å². The van der Waals surface area contributed by atoms with Gasteiger partial charge in [0.1, 0.15) is 12.4 Å². The van der Waals surface area contributed by atoms with Gasteiger partial charge in [-0.05, 0) is 75.7 Å². The number of rotatable bonds is 13. The fourth-order valence-electron chi connectivity index (χ4n) is 3.23. The highest BCUT2D eigenvalue weighted by molar-refractivity contribution is 6.00. The molecule has 198 valence electrons. The second kappa shape index (κ2) is 14.4. The largest absolute Gasteiger partial charge is 0.416 e. The second-order valence-electron chi connectivity index (χ2n) is 8.42. The van der Waals surface area contributed by atoms with Crippen molar-refractivity contribution in [2.75, 3.05) is 41.0 Å². The number of hydrogen-bond donors (Lipinski definition) is 1. The van der Waals surface area contributed by atoms with Crippen LogP contribution >= 0.6 is 0 Å². The summed E-state index contributed by atoms with van der Waals surface area (Å²) >= 11 is 0. The van der Waals surface area contributed by atoms with Crippen molar-refractivity contribution in [3.05, 3.63) is 65.2 Å². The van der Waals surface area contributed by atoms with Gasteiger partial charge in [-0.1, -0.05) is 29.4 Å². The topological polar surface area (TPSA) is 72.4 Å². The molecular weight excluding hydrogens is 475 g/mol. The Labute approximate surface area is 210 Å². The minimum Gasteiger partial charge on any atom is -0.410 e. The molecule has 1 amide bonds. The highest BCUT2D eigenvalue weighted by atomic mass is 19.4. The van der Waals surface area contributed by atoms with E-state index in [4.69, 9.17) is 14.3 Å². The number of halogens is 3. The minimum absolute atomic E-state index is 0.0645. The zero-order valence-electron chi connectivity index (χ0n) is 21.1. The molecule has 0 aliphatic rings. The maximum Gasteiger partial charge on any atom is 0.416 e. The Morgan fingerprint density at radius 2 is 1.81 bits per heavy atom. The van der Waals surface area contributed by atoms with Gasteiger partial charge in [0, 0.05) is 19.8 Å². The first-order chi connectivity index (χ1) is 17.1. The number of oxime groups is 1. The average Bonchev–Trinajstić information content (AvgIpc) is 2.84. The predicted molar refractivity (Wildman–Crippen MR) is 132 cm³/mol. The summed E-state index contributed by atoms with van der Waals surface area (Å²) in [5.74, 6) is 0.429. The summed E-state index contributed by atoms with van der Waals surface area (Å²) in [5, 5.41) is 6.70. The van der Waals surface area contributed by atoms with Crippen molar-refractivity contribution in [2.45, 2.75) is 38.4 Å². The normalized spacial score (nSPS) is 12.9. The van der Waals surface area contributed by atoms with Gasteiger partial charge >= 0.3 is 12.3 Å². The first kappa shape index (κ1) is 29.1. The Morgan fingerprint density at radius 3 is 2.44 bits per heavy atom. The summed E-state index contributed by atoms with van der Waals surface area (Å²) < 4.78 is 49.0. The van der Waals surface area contributed by atoms with Crippen LogP contribution in [0.2, 0.25) is 0 Å². The van der Waals surface area contributed by atoms with E-state index in [2.05, 4.69) is 10.5 Å². The molecule has 0 aliphatic heterocycles. The summed E-state index contributed by atoms with van der Waals surface area (Å²) in [4.78, 5) is 19.5. The number of unbranched alkanes of at least 4 members (excludes halogenated alkanes) is 1. The molecule has 0 bridgehead atoms. The van der Waals surface area contributed by atoms with E-state index in [0.29, 0.717) is 30.1 Å². The lowest BCUT2D eigenvalue weighted by Gasteiger charge is -2.20. The van der Waals surface area contributed by atoms with Crippen molar-refractivity contribution >= 4 is 11.8 Å². The number of alkyl halides is 3. The maximum absolute atomic E-state index is 12.9. The number of methoxy groups -OCH3 is 1. The smallest absolute Gasteiger partial charge is 0.410 e. The first-order valence-corrected chi connectivity index (χ1v) is 11.7. The zero-order valence-corrected chi connectivity index (χ0v) is 21.1. The molecular formula is C26H34F3N3O4. The van der Waals surface area contributed by atoms with Crippen LogP contribution in [0.25, 0.3) is 0 Å². The quantitative estimate of drug-likeness (QED) is 0.215. The van der Waals surface area contributed by atoms with E-state index in [1.165, 1.54) is 12.1 Å². The van der Waals surface area contributed by atoms with Crippen LogP contribution in [0.3, 0.4) is 0 Å². The van der Waals surface area contributed by atoms with Crippen LogP contribution in [0.5, 0.6) is 5.75 Å². The van der Waals surface area contributed by atoms with Gasteiger partial charge in [0.2, 0.25) is 0 Å². The first-order valence-electron chi connectivity index (χ1n) is 11.7. The van der Waals surface area contributed by atoms with Gasteiger partial charge in [-0.25, -0.2) is 4.79 Å². The van der Waals surface area contributed by atoms with Gasteiger partial charge in [0.15, 0.2) is 0 Å². The van der Waals surface area contributed by atoms with Crippen LogP contribution in [0.4, 0.5) is 18.0 Å². The molecule has 7 nitrogen and oxygen atoms in total. The summed E-state index contributed by atoms with van der Waals surface area (Å²) in [6, 6.07) is 12.3. The van der Waals surface area contributed by atoms with Crippen LogP contribution in [0.15, 0.2) is 53.7 Å². The van der Waals surface area contributed by atoms with Crippen molar-refractivity contribution < 1.29 is 32.3 Å². The van der Waals surface area contributed by atoms with Crippen molar-refractivity contribution in [3.63, 3.8) is 0 Å². The Balaban J connectivity index is 1.89. The Morgan fingerprint density at radius 1 is 1.08 bits per heavy atom. The zero-order chi connectivity index (χ0) is 26.6. The number of carbonyl (C=O) groups is 1. The lowest BCUT2D eigenvalue weighted by Crippen LogP contribution is -2.29. The third-order valence-electron chi connectivity index (χ3n) is 5.52. The maximum atomic E-state index is 12.9. The predicted octanol–water partition coefficient (Wildman–Crippen LogP) is 5.65. The van der Waals surface area contributed by atoms with Gasteiger partial charge < -0.3 is 24.5 Å². The standard InChI is InChI=1S/C26H34F3N3O4/c1-19(32(2)3)21-8-7-9-23(18-21)36-25(33)30-15-17-35-31-24(10-5-6-16-34-4)20-11-13-22(14-12-20)26(27,28)29/h7-9,11-14,18-19H,5-6,10,15-17H2,1-4H3,(H,30,33). The molecule has 0 heterocycles. The molecule has 1 unspecified atom stereocenters. The van der Waals surface area contributed by atoms with E-state index in [-0.39, 0.29) is 19.2 Å². The highest BCUT2D eigenvalue weighted by Crippen LogP contribution is 2.29. The molecule has 2 rings (SSSR count). The lowest BCUT2D eigenvalue weighted by molar-refractivity contribution is -0.137. The average molecular weight is 510 g/mol. The summed E-state index contributed by atoms with van der Waals surface area (Å²) in [5.41, 5.74) is 1.36. The molecule has 0 radical (unpaired) electrons. The fourth-order valence-corrected chi connectivity index (χ4v) is 3.23. The monoisotopic (exact) mass is 509 g/mol. The molecule has 10 heteroatoms. The van der Waals surface area contributed by atoms with Crippen LogP contribution in [-0.2, 0) is 15.8 Å². The van der Waals surface area contributed by atoms with Gasteiger partial charge in [-0.3, -0.25) is 0 Å². The number of carbonyl (C=O) groups excluding carboxylic acids is 1. The number of hydrogen-bond acceptors (Lipinski definition) is 6. The van der Waals surface area contributed by atoms with E-state index in [1.54, 1.807) is 13.2 Å². The van der Waals surface area contributed by atoms with E-state index in [0.717, 1.165) is 30.5 Å². The Kier molecular flexibility index (Phi) is 11.7. The molecule has 0 saturated heterocycles. The number of benzene rings is 2. The molecule has 36 heavy (non-hydrogen) atoms. The number of amides is 1. The Bertz CT molecular complexity index is 979. The van der Waals surface area contributed by atoms with Crippen LogP contribution in [-0.4, -0.2) is 57.7 Å². The van der Waals surface area contributed by atoms with Gasteiger partial charge in [0.05, 0.1) is 17.8 Å². The number of ether oxygens (including phenoxy) is 2. The highest BCUT2D eigenvalue weighted by Gasteiger charge is 2.30. The molecule has 2 aromatic carbocycles. The molecule has 0 spiro atoms. The molecule has 1 atom stereocenters. The SMILES string of the molecule is COCCCCC(=NOCCNC(=O)Oc1cccc(C(C)N(C)C)c1)c1ccc(C(F)(F)F)cc1. The number of nitrogens with zero attached hydrogens (tertiary/aromatic N) is 2. The third-order valence-corrected chi connectivity index (χ3v) is 5.52. The van der Waals surface area contributed by atoms with E-state index < -0.39 is 17.8 Å². The van der Waals surface area contributed by atoms with Gasteiger partial charge in [-0.15, -0.1) is 0 Å². The molecule has 2 aromatic rings. The van der Waals surface area contributed by atoms with Crippen molar-refractivity contribution in [1.82, 2.24) is 10.2 Å². The third kappa shape index (κ3) is 9.87. The van der Waals surface area contributed by atoms with Gasteiger partial charge in [-0.2, -0.15) is 13.2 Å². The number of nitrogens with one attached hydrogen (secondary N) is 1. The van der Waals surface area contributed by atoms with E-state index in [9.17, 15) is 18.0 Å². The molecule has 0 fully saturated rings. The summed E-state index contributed by atoms with van der Waals surface area (Å²) in [6.07, 6.45) is -3.02. The molecule has 0 saturated carbocycles.